The van der Waals surface area contributed by atoms with E-state index in [1.165, 1.54) is 31.4 Å². The molecule has 0 fully saturated rings. The van der Waals surface area contributed by atoms with Crippen LogP contribution in [0.3, 0.4) is 0 Å². The Labute approximate surface area is 136 Å². The Balaban J connectivity index is 2.16. The van der Waals surface area contributed by atoms with E-state index in [0.717, 1.165) is 12.3 Å². The van der Waals surface area contributed by atoms with Crippen molar-refractivity contribution in [3.63, 3.8) is 0 Å². The third-order valence-electron chi connectivity index (χ3n) is 3.35. The van der Waals surface area contributed by atoms with E-state index >= 15 is 0 Å². The predicted molar refractivity (Wildman–Crippen MR) is 84.7 cm³/mol. The maximum Gasteiger partial charge on any atom is 0.416 e. The molecule has 0 atom stereocenters. The fraction of sp³-hybridized carbons (Fsp3) is 0.176. The quantitative estimate of drug-likeness (QED) is 0.814. The Morgan fingerprint density at radius 1 is 1.25 bits per heavy atom. The minimum absolute atomic E-state index is 0.0921. The van der Waals surface area contributed by atoms with Crippen molar-refractivity contribution < 1.29 is 22.7 Å². The molecule has 1 amide bonds. The van der Waals surface area contributed by atoms with Crippen LogP contribution in [0.15, 0.2) is 42.5 Å². The molecule has 0 saturated carbocycles. The van der Waals surface area contributed by atoms with Gasteiger partial charge in [0, 0.05) is 23.5 Å². The van der Waals surface area contributed by atoms with Gasteiger partial charge in [-0.25, -0.2) is 0 Å². The molecule has 2 rings (SSSR count). The van der Waals surface area contributed by atoms with E-state index in [4.69, 9.17) is 10.1 Å². The number of nitrogens with one attached hydrogen (secondary N) is 2. The molecular weight excluding hydrogens is 321 g/mol. The van der Waals surface area contributed by atoms with Crippen molar-refractivity contribution in [1.29, 1.82) is 5.41 Å². The monoisotopic (exact) mass is 336 g/mol. The lowest BCUT2D eigenvalue weighted by atomic mass is 10.0. The van der Waals surface area contributed by atoms with Crippen LogP contribution >= 0.6 is 0 Å². The summed E-state index contributed by atoms with van der Waals surface area (Å²) in [4.78, 5) is 12.1. The highest BCUT2D eigenvalue weighted by molar-refractivity contribution is 5.93. The smallest absolute Gasteiger partial charge is 0.416 e. The first-order valence-electron chi connectivity index (χ1n) is 6.98. The molecule has 0 aliphatic heterocycles. The normalized spacial score (nSPS) is 11.0. The minimum atomic E-state index is -4.51. The standard InChI is InChI=1S/C17H15F3N2O2/c1-24-15-9-13(7-6-12(15)10-21)22-16(23)8-11-4-2-3-5-14(11)17(18,19)20/h2-7,9-10,21H,8H2,1H3,(H,22,23). The SMILES string of the molecule is COc1cc(NC(=O)Cc2ccccc2C(F)(F)F)ccc1C=N. The van der Waals surface area contributed by atoms with Crippen molar-refractivity contribution in [2.75, 3.05) is 12.4 Å². The molecule has 0 spiro atoms. The van der Waals surface area contributed by atoms with E-state index in [9.17, 15) is 18.0 Å². The first kappa shape index (κ1) is 17.5. The molecule has 0 heterocycles. The second kappa shape index (κ2) is 7.16. The molecule has 2 aromatic carbocycles. The summed E-state index contributed by atoms with van der Waals surface area (Å²) in [5.41, 5.74) is -0.00711. The minimum Gasteiger partial charge on any atom is -0.496 e. The van der Waals surface area contributed by atoms with Crippen molar-refractivity contribution >= 4 is 17.8 Å². The summed E-state index contributed by atoms with van der Waals surface area (Å²) < 4.78 is 43.9. The molecule has 0 bridgehead atoms. The van der Waals surface area contributed by atoms with Crippen molar-refractivity contribution in [1.82, 2.24) is 0 Å². The van der Waals surface area contributed by atoms with E-state index in [1.807, 2.05) is 0 Å². The first-order valence-corrected chi connectivity index (χ1v) is 6.98. The van der Waals surface area contributed by atoms with Crippen LogP contribution in [0.25, 0.3) is 0 Å². The third kappa shape index (κ3) is 4.13. The first-order chi connectivity index (χ1) is 11.3. The second-order valence-electron chi connectivity index (χ2n) is 4.98. The number of carbonyl (C=O) groups excluding carboxylic acids is 1. The molecule has 2 aromatic rings. The van der Waals surface area contributed by atoms with Crippen molar-refractivity contribution in [2.24, 2.45) is 0 Å². The predicted octanol–water partition coefficient (Wildman–Crippen LogP) is 3.89. The van der Waals surface area contributed by atoms with Gasteiger partial charge < -0.3 is 15.5 Å². The maximum atomic E-state index is 12.9. The lowest BCUT2D eigenvalue weighted by Crippen LogP contribution is -2.18. The molecule has 2 N–H and O–H groups in total. The number of anilines is 1. The van der Waals surface area contributed by atoms with Crippen LogP contribution in [-0.4, -0.2) is 19.2 Å². The second-order valence-corrected chi connectivity index (χ2v) is 4.98. The summed E-state index contributed by atoms with van der Waals surface area (Å²) in [6.45, 7) is 0. The highest BCUT2D eigenvalue weighted by atomic mass is 19.4. The van der Waals surface area contributed by atoms with Crippen molar-refractivity contribution in [3.8, 4) is 5.75 Å². The summed E-state index contributed by atoms with van der Waals surface area (Å²) in [5.74, 6) is -0.185. The molecule has 0 aliphatic carbocycles. The molecule has 7 heteroatoms. The van der Waals surface area contributed by atoms with Gasteiger partial charge in [0.15, 0.2) is 0 Å². The van der Waals surface area contributed by atoms with Crippen LogP contribution in [0.4, 0.5) is 18.9 Å². The average molecular weight is 336 g/mol. The number of benzene rings is 2. The van der Waals surface area contributed by atoms with Gasteiger partial charge in [-0.3, -0.25) is 4.79 Å². The Morgan fingerprint density at radius 2 is 1.96 bits per heavy atom. The Morgan fingerprint density at radius 3 is 2.58 bits per heavy atom. The largest absolute Gasteiger partial charge is 0.496 e. The number of ether oxygens (including phenoxy) is 1. The number of hydrogen-bond acceptors (Lipinski definition) is 3. The highest BCUT2D eigenvalue weighted by Gasteiger charge is 2.33. The number of halogens is 3. The van der Waals surface area contributed by atoms with Gasteiger partial charge >= 0.3 is 6.18 Å². The van der Waals surface area contributed by atoms with Gasteiger partial charge in [0.2, 0.25) is 5.91 Å². The van der Waals surface area contributed by atoms with Gasteiger partial charge in [-0.15, -0.1) is 0 Å². The van der Waals surface area contributed by atoms with Gasteiger partial charge in [-0.2, -0.15) is 13.2 Å². The summed E-state index contributed by atoms with van der Waals surface area (Å²) >= 11 is 0. The highest BCUT2D eigenvalue weighted by Crippen LogP contribution is 2.32. The molecule has 126 valence electrons. The molecular formula is C17H15F3N2O2. The van der Waals surface area contributed by atoms with E-state index in [2.05, 4.69) is 5.32 Å². The maximum absolute atomic E-state index is 12.9. The molecule has 24 heavy (non-hydrogen) atoms. The van der Waals surface area contributed by atoms with Crippen molar-refractivity contribution in [3.05, 3.63) is 59.2 Å². The number of alkyl halides is 3. The zero-order chi connectivity index (χ0) is 17.7. The van der Waals surface area contributed by atoms with Gasteiger partial charge in [0.1, 0.15) is 5.75 Å². The van der Waals surface area contributed by atoms with Crippen LogP contribution in [0.2, 0.25) is 0 Å². The molecule has 0 unspecified atom stereocenters. The summed E-state index contributed by atoms with van der Waals surface area (Å²) in [6, 6.07) is 9.60. The van der Waals surface area contributed by atoms with Crippen LogP contribution < -0.4 is 10.1 Å². The fourth-order valence-electron chi connectivity index (χ4n) is 2.24. The topological polar surface area (TPSA) is 62.2 Å². The zero-order valence-corrected chi connectivity index (χ0v) is 12.8. The molecule has 0 saturated heterocycles. The van der Waals surface area contributed by atoms with E-state index in [-0.39, 0.29) is 5.56 Å². The van der Waals surface area contributed by atoms with Crippen LogP contribution in [-0.2, 0) is 17.4 Å². The molecule has 0 aliphatic rings. The zero-order valence-electron chi connectivity index (χ0n) is 12.8. The van der Waals surface area contributed by atoms with Crippen molar-refractivity contribution in [2.45, 2.75) is 12.6 Å². The fourth-order valence-corrected chi connectivity index (χ4v) is 2.24. The Hall–Kier alpha value is -2.83. The van der Waals surface area contributed by atoms with Gasteiger partial charge in [-0.1, -0.05) is 18.2 Å². The number of amides is 1. The van der Waals surface area contributed by atoms with Crippen LogP contribution in [0.1, 0.15) is 16.7 Å². The number of carbonyl (C=O) groups is 1. The number of methoxy groups -OCH3 is 1. The summed E-state index contributed by atoms with van der Waals surface area (Å²) in [5, 5.41) is 9.77. The number of hydrogen-bond donors (Lipinski definition) is 2. The van der Waals surface area contributed by atoms with Gasteiger partial charge in [-0.05, 0) is 23.8 Å². The molecule has 0 aromatic heterocycles. The van der Waals surface area contributed by atoms with Gasteiger partial charge in [0.05, 0.1) is 19.1 Å². The van der Waals surface area contributed by atoms with Gasteiger partial charge in [0.25, 0.3) is 0 Å². The van der Waals surface area contributed by atoms with E-state index in [0.29, 0.717) is 17.0 Å². The van der Waals surface area contributed by atoms with Crippen LogP contribution in [0.5, 0.6) is 5.75 Å². The summed E-state index contributed by atoms with van der Waals surface area (Å²) in [6.07, 6.45) is -3.81. The average Bonchev–Trinajstić information content (AvgIpc) is 2.54. The van der Waals surface area contributed by atoms with E-state index < -0.39 is 24.1 Å². The number of rotatable bonds is 5. The van der Waals surface area contributed by atoms with E-state index in [1.54, 1.807) is 12.1 Å². The summed E-state index contributed by atoms with van der Waals surface area (Å²) in [7, 11) is 1.42. The van der Waals surface area contributed by atoms with Crippen LogP contribution in [0, 0.1) is 5.41 Å². The lowest BCUT2D eigenvalue weighted by molar-refractivity contribution is -0.138. The third-order valence-corrected chi connectivity index (χ3v) is 3.35. The molecule has 0 radical (unpaired) electrons. The Bertz CT molecular complexity index is 758. The lowest BCUT2D eigenvalue weighted by Gasteiger charge is -2.13. The Kier molecular flexibility index (Phi) is 5.23. The molecule has 4 nitrogen and oxygen atoms in total.